The van der Waals surface area contributed by atoms with Gasteiger partial charge in [0.15, 0.2) is 5.11 Å². The summed E-state index contributed by atoms with van der Waals surface area (Å²) >= 11 is 6.81. The molecule has 2 aromatic carbocycles. The number of pyridine rings is 1. The first-order valence-electron chi connectivity index (χ1n) is 10.9. The minimum atomic E-state index is -0.346. The molecule has 0 atom stereocenters. The van der Waals surface area contributed by atoms with Crippen molar-refractivity contribution < 1.29 is 13.9 Å². The molecule has 36 heavy (non-hydrogen) atoms. The Kier molecular flexibility index (Phi) is 6.70. The van der Waals surface area contributed by atoms with Crippen LogP contribution in [-0.4, -0.2) is 25.6 Å². The summed E-state index contributed by atoms with van der Waals surface area (Å²) < 4.78 is 22.1. The first kappa shape index (κ1) is 23.6. The third-order valence-corrected chi connectivity index (χ3v) is 6.63. The van der Waals surface area contributed by atoms with Gasteiger partial charge < -0.3 is 19.9 Å². The van der Waals surface area contributed by atoms with Gasteiger partial charge >= 0.3 is 0 Å². The number of carbonyl (C=O) groups excluding carboxylic acids is 1. The Labute approximate surface area is 215 Å². The van der Waals surface area contributed by atoms with Gasteiger partial charge in [0, 0.05) is 37.4 Å². The number of hydrogen-bond donors (Lipinski definition) is 2. The van der Waals surface area contributed by atoms with Gasteiger partial charge in [0.1, 0.15) is 23.1 Å². The highest BCUT2D eigenvalue weighted by Crippen LogP contribution is 2.38. The highest BCUT2D eigenvalue weighted by molar-refractivity contribution is 7.80. The number of hydrogen-bond acceptors (Lipinski definition) is 6. The van der Waals surface area contributed by atoms with Crippen LogP contribution in [-0.2, 0) is 18.3 Å². The zero-order valence-electron chi connectivity index (χ0n) is 19.1. The van der Waals surface area contributed by atoms with Crippen LogP contribution >= 0.6 is 23.6 Å². The number of anilines is 1. The molecule has 5 rings (SSSR count). The molecule has 5 aromatic rings. The maximum Gasteiger partial charge on any atom is 0.230 e. The Bertz CT molecular complexity index is 1550. The van der Waals surface area contributed by atoms with Crippen molar-refractivity contribution in [3.63, 3.8) is 0 Å². The quantitative estimate of drug-likeness (QED) is 0.282. The number of benzene rings is 2. The van der Waals surface area contributed by atoms with E-state index in [1.54, 1.807) is 48.0 Å². The summed E-state index contributed by atoms with van der Waals surface area (Å²) in [6, 6.07) is 16.8. The molecule has 7 nitrogen and oxygen atoms in total. The van der Waals surface area contributed by atoms with Crippen LogP contribution in [0.4, 0.5) is 10.1 Å². The Morgan fingerprint density at radius 1 is 1.08 bits per heavy atom. The highest BCUT2D eigenvalue weighted by Gasteiger charge is 2.13. The second kappa shape index (κ2) is 10.2. The molecule has 0 bridgehead atoms. The molecular formula is C26H20FN5O2S2. The highest BCUT2D eigenvalue weighted by atomic mass is 32.1. The lowest BCUT2D eigenvalue weighted by molar-refractivity contribution is -0.119. The number of halogens is 1. The average Bonchev–Trinajstić information content (AvgIpc) is 3.48. The third-order valence-electron chi connectivity index (χ3n) is 5.29. The first-order valence-corrected chi connectivity index (χ1v) is 12.2. The molecule has 0 aliphatic rings. The molecular weight excluding hydrogens is 497 g/mol. The molecule has 0 unspecified atom stereocenters. The van der Waals surface area contributed by atoms with Crippen molar-refractivity contribution in [3.8, 4) is 22.2 Å². The predicted octanol–water partition coefficient (Wildman–Crippen LogP) is 5.68. The van der Waals surface area contributed by atoms with Crippen molar-refractivity contribution in [3.05, 3.63) is 90.6 Å². The summed E-state index contributed by atoms with van der Waals surface area (Å²) in [6.07, 6.45) is 5.49. The fourth-order valence-electron chi connectivity index (χ4n) is 3.56. The van der Waals surface area contributed by atoms with E-state index in [0.717, 1.165) is 20.9 Å². The smallest absolute Gasteiger partial charge is 0.230 e. The molecule has 0 aliphatic heterocycles. The minimum Gasteiger partial charge on any atom is -0.456 e. The predicted molar refractivity (Wildman–Crippen MR) is 143 cm³/mol. The number of thiocarbonyl (C=S) groups is 1. The van der Waals surface area contributed by atoms with E-state index in [2.05, 4.69) is 20.6 Å². The number of nitrogens with zero attached hydrogens (tertiary/aromatic N) is 3. The lowest BCUT2D eigenvalue weighted by atomic mass is 10.1. The van der Waals surface area contributed by atoms with E-state index in [4.69, 9.17) is 17.0 Å². The summed E-state index contributed by atoms with van der Waals surface area (Å²) in [7, 11) is 1.95. The van der Waals surface area contributed by atoms with Gasteiger partial charge in [-0.15, -0.1) is 11.3 Å². The van der Waals surface area contributed by atoms with Crippen LogP contribution < -0.4 is 15.4 Å². The van der Waals surface area contributed by atoms with Gasteiger partial charge in [-0.05, 0) is 60.2 Å². The van der Waals surface area contributed by atoms with Crippen LogP contribution in [0, 0.1) is 5.82 Å². The molecule has 3 heterocycles. The molecule has 10 heteroatoms. The van der Waals surface area contributed by atoms with Crippen molar-refractivity contribution >= 4 is 50.5 Å². The van der Waals surface area contributed by atoms with Gasteiger partial charge in [0.05, 0.1) is 21.5 Å². The Hall–Kier alpha value is -4.15. The normalized spacial score (nSPS) is 10.8. The second-order valence-electron chi connectivity index (χ2n) is 7.93. The number of amides is 1. The SMILES string of the molecule is Cn1ccnc1-c1cc2nccc(Oc3ccc(NC(=S)NC(=O)Cc4ccc(F)cc4)cc3)c2s1. The van der Waals surface area contributed by atoms with E-state index in [-0.39, 0.29) is 23.3 Å². The largest absolute Gasteiger partial charge is 0.456 e. The molecule has 180 valence electrons. The van der Waals surface area contributed by atoms with E-state index in [1.165, 1.54) is 12.1 Å². The van der Waals surface area contributed by atoms with Gasteiger partial charge in [-0.1, -0.05) is 12.1 Å². The number of imidazole rings is 1. The van der Waals surface area contributed by atoms with Gasteiger partial charge in [0.25, 0.3) is 0 Å². The summed E-state index contributed by atoms with van der Waals surface area (Å²) in [5.41, 5.74) is 2.24. The topological polar surface area (TPSA) is 81.1 Å². The van der Waals surface area contributed by atoms with Crippen LogP contribution in [0.2, 0.25) is 0 Å². The summed E-state index contributed by atoms with van der Waals surface area (Å²) in [4.78, 5) is 22.1. The molecule has 0 spiro atoms. The standard InChI is InChI=1S/C26H20FN5O2S2/c1-32-13-12-29-25(32)22-15-20-24(36-22)21(10-11-28-20)34-19-8-6-18(7-9-19)30-26(35)31-23(33)14-16-2-4-17(27)5-3-16/h2-13,15H,14H2,1H3,(H2,30,31,33,35). The Morgan fingerprint density at radius 2 is 1.86 bits per heavy atom. The van der Waals surface area contributed by atoms with E-state index in [9.17, 15) is 9.18 Å². The lowest BCUT2D eigenvalue weighted by Crippen LogP contribution is -2.35. The van der Waals surface area contributed by atoms with Gasteiger partial charge in [-0.25, -0.2) is 9.37 Å². The van der Waals surface area contributed by atoms with Gasteiger partial charge in [0.2, 0.25) is 5.91 Å². The van der Waals surface area contributed by atoms with Crippen molar-refractivity contribution in [2.45, 2.75) is 6.42 Å². The number of carbonyl (C=O) groups is 1. The molecule has 0 radical (unpaired) electrons. The number of fused-ring (bicyclic) bond motifs is 1. The molecule has 0 fully saturated rings. The Balaban J connectivity index is 1.22. The average molecular weight is 518 g/mol. The number of aromatic nitrogens is 3. The van der Waals surface area contributed by atoms with E-state index in [1.807, 2.05) is 42.1 Å². The zero-order chi connectivity index (χ0) is 25.1. The molecule has 2 N–H and O–H groups in total. The molecule has 0 saturated carbocycles. The fraction of sp³-hybridized carbons (Fsp3) is 0.0769. The fourth-order valence-corrected chi connectivity index (χ4v) is 4.90. The summed E-state index contributed by atoms with van der Waals surface area (Å²) in [5.74, 6) is 1.59. The number of ether oxygens (including phenoxy) is 1. The zero-order valence-corrected chi connectivity index (χ0v) is 20.7. The van der Waals surface area contributed by atoms with Crippen molar-refractivity contribution in [1.82, 2.24) is 19.9 Å². The number of aryl methyl sites for hydroxylation is 1. The maximum atomic E-state index is 13.0. The van der Waals surface area contributed by atoms with Gasteiger partial charge in [-0.3, -0.25) is 9.78 Å². The molecule has 0 aliphatic carbocycles. The number of rotatable bonds is 6. The molecule has 0 saturated heterocycles. The number of thiophene rings is 1. The van der Waals surface area contributed by atoms with E-state index >= 15 is 0 Å². The number of nitrogens with one attached hydrogen (secondary N) is 2. The maximum absolute atomic E-state index is 13.0. The minimum absolute atomic E-state index is 0.0971. The monoisotopic (exact) mass is 517 g/mol. The van der Waals surface area contributed by atoms with E-state index < -0.39 is 0 Å². The van der Waals surface area contributed by atoms with Crippen LogP contribution in [0.15, 0.2) is 79.3 Å². The Morgan fingerprint density at radius 3 is 2.58 bits per heavy atom. The van der Waals surface area contributed by atoms with E-state index in [0.29, 0.717) is 22.7 Å². The van der Waals surface area contributed by atoms with Crippen LogP contribution in [0.5, 0.6) is 11.5 Å². The van der Waals surface area contributed by atoms with Crippen LogP contribution in [0.3, 0.4) is 0 Å². The van der Waals surface area contributed by atoms with Crippen molar-refractivity contribution in [1.29, 1.82) is 0 Å². The molecule has 1 amide bonds. The van der Waals surface area contributed by atoms with Crippen molar-refractivity contribution in [2.75, 3.05) is 5.32 Å². The van der Waals surface area contributed by atoms with Crippen LogP contribution in [0.1, 0.15) is 5.56 Å². The lowest BCUT2D eigenvalue weighted by Gasteiger charge is -2.11. The first-order chi connectivity index (χ1) is 17.4. The molecule has 3 aromatic heterocycles. The van der Waals surface area contributed by atoms with Crippen molar-refractivity contribution in [2.24, 2.45) is 7.05 Å². The summed E-state index contributed by atoms with van der Waals surface area (Å²) in [5, 5.41) is 5.78. The third kappa shape index (κ3) is 5.40. The van der Waals surface area contributed by atoms with Crippen LogP contribution in [0.25, 0.3) is 20.9 Å². The summed E-state index contributed by atoms with van der Waals surface area (Å²) in [6.45, 7) is 0. The van der Waals surface area contributed by atoms with Gasteiger partial charge in [-0.2, -0.15) is 0 Å². The second-order valence-corrected chi connectivity index (χ2v) is 9.39.